The molecule has 2 rings (SSSR count). The fourth-order valence-corrected chi connectivity index (χ4v) is 1.71. The first-order valence-electron chi connectivity index (χ1n) is 5.52. The summed E-state index contributed by atoms with van der Waals surface area (Å²) >= 11 is 0. The Hall–Kier alpha value is -1.87. The normalized spacial score (nSPS) is 15.5. The molecule has 1 aromatic rings. The van der Waals surface area contributed by atoms with Crippen LogP contribution in [0.3, 0.4) is 0 Å². The quantitative estimate of drug-likeness (QED) is 0.548. The van der Waals surface area contributed by atoms with Gasteiger partial charge >= 0.3 is 0 Å². The summed E-state index contributed by atoms with van der Waals surface area (Å²) in [5.41, 5.74) is 0. The van der Waals surface area contributed by atoms with Crippen molar-refractivity contribution in [1.29, 1.82) is 5.26 Å². The summed E-state index contributed by atoms with van der Waals surface area (Å²) in [5.74, 6) is 2.16. The van der Waals surface area contributed by atoms with Crippen LogP contribution in [0.4, 0.5) is 11.6 Å². The SMILES string of the molecule is Cc1nc(N(C)C#N)cc(N2CCOCC2)n1. The molecule has 6 heteroatoms. The summed E-state index contributed by atoms with van der Waals surface area (Å²) in [4.78, 5) is 12.2. The van der Waals surface area contributed by atoms with Crippen LogP contribution in [-0.4, -0.2) is 43.3 Å². The van der Waals surface area contributed by atoms with Crippen LogP contribution in [0, 0.1) is 18.4 Å². The van der Waals surface area contributed by atoms with Crippen molar-refractivity contribution in [3.63, 3.8) is 0 Å². The average molecular weight is 233 g/mol. The van der Waals surface area contributed by atoms with Gasteiger partial charge in [0.1, 0.15) is 17.5 Å². The van der Waals surface area contributed by atoms with E-state index in [9.17, 15) is 0 Å². The largest absolute Gasteiger partial charge is 0.378 e. The van der Waals surface area contributed by atoms with Crippen molar-refractivity contribution in [1.82, 2.24) is 9.97 Å². The summed E-state index contributed by atoms with van der Waals surface area (Å²) < 4.78 is 5.30. The van der Waals surface area contributed by atoms with Crippen molar-refractivity contribution in [3.05, 3.63) is 11.9 Å². The Labute approximate surface area is 100 Å². The number of ether oxygens (including phenoxy) is 1. The fraction of sp³-hybridized carbons (Fsp3) is 0.545. The molecule has 0 unspecified atom stereocenters. The minimum atomic E-state index is 0.626. The lowest BCUT2D eigenvalue weighted by Crippen LogP contribution is -2.37. The molecule has 1 aliphatic heterocycles. The molecule has 1 aromatic heterocycles. The van der Waals surface area contributed by atoms with E-state index in [0.29, 0.717) is 24.9 Å². The van der Waals surface area contributed by atoms with Gasteiger partial charge in [-0.05, 0) is 6.92 Å². The van der Waals surface area contributed by atoms with Gasteiger partial charge in [0, 0.05) is 26.2 Å². The van der Waals surface area contributed by atoms with Gasteiger partial charge in [0.25, 0.3) is 0 Å². The Morgan fingerprint density at radius 3 is 2.76 bits per heavy atom. The molecule has 0 atom stereocenters. The summed E-state index contributed by atoms with van der Waals surface area (Å²) in [6, 6.07) is 1.83. The highest BCUT2D eigenvalue weighted by Crippen LogP contribution is 2.18. The van der Waals surface area contributed by atoms with E-state index in [1.165, 1.54) is 4.90 Å². The van der Waals surface area contributed by atoms with Gasteiger partial charge in [-0.25, -0.2) is 9.97 Å². The van der Waals surface area contributed by atoms with Crippen molar-refractivity contribution in [2.45, 2.75) is 6.92 Å². The standard InChI is InChI=1S/C11H15N5O/c1-9-13-10(15(2)8-12)7-11(14-9)16-3-5-17-6-4-16/h7H,3-6H2,1-2H3. The maximum absolute atomic E-state index is 8.86. The Bertz CT molecular complexity index is 436. The van der Waals surface area contributed by atoms with Crippen LogP contribution in [0.15, 0.2) is 6.07 Å². The van der Waals surface area contributed by atoms with E-state index in [2.05, 4.69) is 14.9 Å². The zero-order valence-corrected chi connectivity index (χ0v) is 10.1. The van der Waals surface area contributed by atoms with E-state index in [1.807, 2.05) is 19.2 Å². The maximum Gasteiger partial charge on any atom is 0.185 e. The number of anilines is 2. The zero-order valence-electron chi connectivity index (χ0n) is 10.1. The number of aryl methyl sites for hydroxylation is 1. The first kappa shape index (κ1) is 11.6. The first-order valence-corrected chi connectivity index (χ1v) is 5.52. The molecule has 0 radical (unpaired) electrons. The number of hydrogen-bond donors (Lipinski definition) is 0. The molecule has 0 spiro atoms. The molecule has 0 aromatic carbocycles. The lowest BCUT2D eigenvalue weighted by atomic mass is 10.4. The summed E-state index contributed by atoms with van der Waals surface area (Å²) in [6.07, 6.45) is 2.04. The van der Waals surface area contributed by atoms with Crippen LogP contribution in [0.1, 0.15) is 5.82 Å². The van der Waals surface area contributed by atoms with Gasteiger partial charge in [-0.15, -0.1) is 0 Å². The Morgan fingerprint density at radius 1 is 1.41 bits per heavy atom. The monoisotopic (exact) mass is 233 g/mol. The summed E-state index contributed by atoms with van der Waals surface area (Å²) in [7, 11) is 1.69. The number of hydrogen-bond acceptors (Lipinski definition) is 6. The smallest absolute Gasteiger partial charge is 0.185 e. The molecule has 1 aliphatic rings. The van der Waals surface area contributed by atoms with Gasteiger partial charge in [0.15, 0.2) is 6.19 Å². The molecular weight excluding hydrogens is 218 g/mol. The minimum absolute atomic E-state index is 0.626. The molecule has 2 heterocycles. The average Bonchev–Trinajstić information content (AvgIpc) is 2.38. The Kier molecular flexibility index (Phi) is 3.40. The van der Waals surface area contributed by atoms with Gasteiger partial charge in [-0.1, -0.05) is 0 Å². The molecule has 0 aliphatic carbocycles. The maximum atomic E-state index is 8.86. The predicted molar refractivity (Wildman–Crippen MR) is 63.8 cm³/mol. The number of nitriles is 1. The van der Waals surface area contributed by atoms with Crippen LogP contribution >= 0.6 is 0 Å². The summed E-state index contributed by atoms with van der Waals surface area (Å²) in [6.45, 7) is 4.91. The molecule has 0 bridgehead atoms. The first-order chi connectivity index (χ1) is 8.20. The lowest BCUT2D eigenvalue weighted by Gasteiger charge is -2.28. The second-order valence-electron chi connectivity index (χ2n) is 3.89. The van der Waals surface area contributed by atoms with E-state index in [0.717, 1.165) is 18.9 Å². The predicted octanol–water partition coefficient (Wildman–Crippen LogP) is 0.539. The number of rotatable bonds is 2. The van der Waals surface area contributed by atoms with E-state index in [1.54, 1.807) is 7.05 Å². The van der Waals surface area contributed by atoms with Gasteiger partial charge in [0.2, 0.25) is 0 Å². The van der Waals surface area contributed by atoms with Crippen LogP contribution in [0.25, 0.3) is 0 Å². The van der Waals surface area contributed by atoms with Crippen LogP contribution in [-0.2, 0) is 4.74 Å². The third kappa shape index (κ3) is 2.63. The van der Waals surface area contributed by atoms with Gasteiger partial charge in [-0.2, -0.15) is 5.26 Å². The lowest BCUT2D eigenvalue weighted by molar-refractivity contribution is 0.122. The van der Waals surface area contributed by atoms with Crippen LogP contribution in [0.2, 0.25) is 0 Å². The Morgan fingerprint density at radius 2 is 2.12 bits per heavy atom. The third-order valence-electron chi connectivity index (χ3n) is 2.64. The fourth-order valence-electron chi connectivity index (χ4n) is 1.71. The molecule has 17 heavy (non-hydrogen) atoms. The minimum Gasteiger partial charge on any atom is -0.378 e. The van der Waals surface area contributed by atoms with E-state index < -0.39 is 0 Å². The molecule has 0 N–H and O–H groups in total. The zero-order chi connectivity index (χ0) is 12.3. The van der Waals surface area contributed by atoms with Gasteiger partial charge in [0.05, 0.1) is 13.2 Å². The van der Waals surface area contributed by atoms with E-state index >= 15 is 0 Å². The highest BCUT2D eigenvalue weighted by atomic mass is 16.5. The van der Waals surface area contributed by atoms with Crippen molar-refractivity contribution in [2.75, 3.05) is 43.2 Å². The van der Waals surface area contributed by atoms with Crippen molar-refractivity contribution < 1.29 is 4.74 Å². The second kappa shape index (κ2) is 4.97. The number of aromatic nitrogens is 2. The summed E-state index contributed by atoms with van der Waals surface area (Å²) in [5, 5.41) is 8.86. The topological polar surface area (TPSA) is 65.3 Å². The van der Waals surface area contributed by atoms with E-state index in [-0.39, 0.29) is 0 Å². The number of nitrogens with zero attached hydrogens (tertiary/aromatic N) is 5. The van der Waals surface area contributed by atoms with Crippen LogP contribution < -0.4 is 9.80 Å². The highest BCUT2D eigenvalue weighted by molar-refractivity contribution is 5.52. The van der Waals surface area contributed by atoms with Gasteiger partial charge in [-0.3, -0.25) is 4.90 Å². The van der Waals surface area contributed by atoms with Crippen molar-refractivity contribution in [2.24, 2.45) is 0 Å². The van der Waals surface area contributed by atoms with Crippen LogP contribution in [0.5, 0.6) is 0 Å². The molecule has 0 amide bonds. The molecular formula is C11H15N5O. The second-order valence-corrected chi connectivity index (χ2v) is 3.89. The van der Waals surface area contributed by atoms with Crippen molar-refractivity contribution in [3.8, 4) is 6.19 Å². The molecule has 1 fully saturated rings. The third-order valence-corrected chi connectivity index (χ3v) is 2.64. The molecule has 1 saturated heterocycles. The molecule has 6 nitrogen and oxygen atoms in total. The van der Waals surface area contributed by atoms with Gasteiger partial charge < -0.3 is 9.64 Å². The van der Waals surface area contributed by atoms with Crippen molar-refractivity contribution >= 4 is 11.6 Å². The highest BCUT2D eigenvalue weighted by Gasteiger charge is 2.15. The molecule has 90 valence electrons. The molecule has 0 saturated carbocycles. The van der Waals surface area contributed by atoms with E-state index in [4.69, 9.17) is 10.00 Å². The Balaban J connectivity index is 2.28. The number of morpholine rings is 1.